The normalized spacial score (nSPS) is 16.3. The Labute approximate surface area is 136 Å². The maximum atomic E-state index is 12.9. The van der Waals surface area contributed by atoms with E-state index in [4.69, 9.17) is 12.2 Å². The van der Waals surface area contributed by atoms with Crippen molar-refractivity contribution in [3.05, 3.63) is 40.6 Å². The van der Waals surface area contributed by atoms with Gasteiger partial charge in [0.1, 0.15) is 5.82 Å². The van der Waals surface area contributed by atoms with E-state index >= 15 is 0 Å². The molecule has 0 aromatic heterocycles. The molecular weight excluding hydrogens is 325 g/mol. The number of nitrogens with zero attached hydrogens (tertiary/aromatic N) is 1. The molecular formula is C14H14FN3O2S2. The number of nitrogens with one attached hydrogen (secondary N) is 2. The average molecular weight is 339 g/mol. The summed E-state index contributed by atoms with van der Waals surface area (Å²) in [6.45, 7) is 0.606. The molecule has 0 bridgehead atoms. The summed E-state index contributed by atoms with van der Waals surface area (Å²) in [6, 6.07) is 5.71. The fourth-order valence-electron chi connectivity index (χ4n) is 1.77. The number of halogens is 1. The van der Waals surface area contributed by atoms with Gasteiger partial charge in [0.2, 0.25) is 0 Å². The number of carbonyl (C=O) groups excluding carboxylic acids is 2. The summed E-state index contributed by atoms with van der Waals surface area (Å²) in [5.74, 6) is -0.701. The lowest BCUT2D eigenvalue weighted by Gasteiger charge is -2.13. The zero-order valence-corrected chi connectivity index (χ0v) is 13.4. The molecule has 1 aromatic rings. The highest BCUT2D eigenvalue weighted by Gasteiger charge is 2.34. The Morgan fingerprint density at radius 2 is 2.05 bits per heavy atom. The SMILES string of the molecule is CNC(=S)NCCN1C(=O)S/C(=C\c2ccc(F)cc2)C1=O. The van der Waals surface area contributed by atoms with Gasteiger partial charge in [-0.1, -0.05) is 12.1 Å². The van der Waals surface area contributed by atoms with Crippen LogP contribution in [0.2, 0.25) is 0 Å². The molecule has 0 unspecified atom stereocenters. The van der Waals surface area contributed by atoms with Gasteiger partial charge in [0.05, 0.1) is 4.91 Å². The summed E-state index contributed by atoms with van der Waals surface area (Å²) in [7, 11) is 1.68. The summed E-state index contributed by atoms with van der Waals surface area (Å²) in [6.07, 6.45) is 1.58. The van der Waals surface area contributed by atoms with E-state index in [0.717, 1.165) is 16.7 Å². The van der Waals surface area contributed by atoms with Crippen LogP contribution in [-0.4, -0.2) is 41.3 Å². The number of rotatable bonds is 4. The van der Waals surface area contributed by atoms with Crippen molar-refractivity contribution in [2.24, 2.45) is 0 Å². The molecule has 1 heterocycles. The van der Waals surface area contributed by atoms with Crippen molar-refractivity contribution >= 4 is 46.3 Å². The molecule has 1 aliphatic heterocycles. The molecule has 22 heavy (non-hydrogen) atoms. The van der Waals surface area contributed by atoms with Gasteiger partial charge in [0.25, 0.3) is 11.1 Å². The number of thiocarbonyl (C=S) groups is 1. The number of amides is 2. The van der Waals surface area contributed by atoms with Crippen molar-refractivity contribution in [2.75, 3.05) is 20.1 Å². The van der Waals surface area contributed by atoms with E-state index in [1.165, 1.54) is 12.1 Å². The van der Waals surface area contributed by atoms with Gasteiger partial charge in [-0.3, -0.25) is 14.5 Å². The van der Waals surface area contributed by atoms with Crippen LogP contribution in [0.3, 0.4) is 0 Å². The summed E-state index contributed by atoms with van der Waals surface area (Å²) in [5, 5.41) is 5.75. The molecule has 0 saturated carbocycles. The third-order valence-corrected chi connectivity index (χ3v) is 4.15. The highest BCUT2D eigenvalue weighted by molar-refractivity contribution is 8.18. The van der Waals surface area contributed by atoms with Gasteiger partial charge in [-0.15, -0.1) is 0 Å². The van der Waals surface area contributed by atoms with Gasteiger partial charge in [-0.2, -0.15) is 0 Å². The topological polar surface area (TPSA) is 61.4 Å². The maximum Gasteiger partial charge on any atom is 0.293 e. The standard InChI is InChI=1S/C14H14FN3O2S2/c1-16-13(21)17-6-7-18-12(19)11(22-14(18)20)8-9-2-4-10(15)5-3-9/h2-5,8H,6-7H2,1H3,(H2,16,17,21)/b11-8-. The lowest BCUT2D eigenvalue weighted by molar-refractivity contribution is -0.122. The minimum absolute atomic E-state index is 0.229. The van der Waals surface area contributed by atoms with Crippen LogP contribution in [0.15, 0.2) is 29.2 Å². The molecule has 0 aliphatic carbocycles. The van der Waals surface area contributed by atoms with Crippen LogP contribution in [0.5, 0.6) is 0 Å². The van der Waals surface area contributed by atoms with Crippen LogP contribution in [0.4, 0.5) is 9.18 Å². The first-order valence-electron chi connectivity index (χ1n) is 6.48. The van der Waals surface area contributed by atoms with Crippen LogP contribution in [0.25, 0.3) is 6.08 Å². The molecule has 2 N–H and O–H groups in total. The minimum Gasteiger partial charge on any atom is -0.366 e. The second-order valence-electron chi connectivity index (χ2n) is 4.39. The van der Waals surface area contributed by atoms with Crippen LogP contribution in [0.1, 0.15) is 5.56 Å². The Balaban J connectivity index is 2.02. The second kappa shape index (κ2) is 7.37. The monoisotopic (exact) mass is 339 g/mol. The smallest absolute Gasteiger partial charge is 0.293 e. The van der Waals surface area contributed by atoms with E-state index in [1.807, 2.05) is 0 Å². The maximum absolute atomic E-state index is 12.9. The molecule has 8 heteroatoms. The van der Waals surface area contributed by atoms with Gasteiger partial charge in [0, 0.05) is 20.1 Å². The molecule has 1 aromatic carbocycles. The number of benzene rings is 1. The van der Waals surface area contributed by atoms with Gasteiger partial charge in [0.15, 0.2) is 5.11 Å². The Kier molecular flexibility index (Phi) is 5.51. The first kappa shape index (κ1) is 16.4. The highest BCUT2D eigenvalue weighted by Crippen LogP contribution is 2.31. The summed E-state index contributed by atoms with van der Waals surface area (Å²) < 4.78 is 12.9. The zero-order chi connectivity index (χ0) is 16.1. The summed E-state index contributed by atoms with van der Waals surface area (Å²) in [5.41, 5.74) is 0.668. The molecule has 2 rings (SSSR count). The fourth-order valence-corrected chi connectivity index (χ4v) is 2.74. The van der Waals surface area contributed by atoms with Crippen LogP contribution in [0, 0.1) is 5.82 Å². The number of carbonyl (C=O) groups is 2. The van der Waals surface area contributed by atoms with Gasteiger partial charge >= 0.3 is 0 Å². The molecule has 1 fully saturated rings. The molecule has 116 valence electrons. The Bertz CT molecular complexity index is 631. The largest absolute Gasteiger partial charge is 0.366 e. The molecule has 1 aliphatic rings. The lowest BCUT2D eigenvalue weighted by atomic mass is 10.2. The lowest BCUT2D eigenvalue weighted by Crippen LogP contribution is -2.40. The van der Waals surface area contributed by atoms with E-state index in [9.17, 15) is 14.0 Å². The molecule has 0 radical (unpaired) electrons. The van der Waals surface area contributed by atoms with Crippen molar-refractivity contribution in [1.82, 2.24) is 15.5 Å². The fraction of sp³-hybridized carbons (Fsp3) is 0.214. The number of hydrogen-bond acceptors (Lipinski definition) is 4. The Hall–Kier alpha value is -1.93. The molecule has 0 atom stereocenters. The molecule has 0 spiro atoms. The highest BCUT2D eigenvalue weighted by atomic mass is 32.2. The first-order valence-corrected chi connectivity index (χ1v) is 7.70. The van der Waals surface area contributed by atoms with Crippen molar-refractivity contribution in [3.63, 3.8) is 0 Å². The first-order chi connectivity index (χ1) is 10.5. The Morgan fingerprint density at radius 3 is 2.68 bits per heavy atom. The van der Waals surface area contributed by atoms with Gasteiger partial charge < -0.3 is 10.6 Å². The van der Waals surface area contributed by atoms with Crippen LogP contribution < -0.4 is 10.6 Å². The van der Waals surface area contributed by atoms with Crippen molar-refractivity contribution < 1.29 is 14.0 Å². The number of imide groups is 1. The van der Waals surface area contributed by atoms with E-state index in [1.54, 1.807) is 25.3 Å². The van der Waals surface area contributed by atoms with Crippen LogP contribution in [-0.2, 0) is 4.79 Å². The minimum atomic E-state index is -0.350. The van der Waals surface area contributed by atoms with Crippen LogP contribution >= 0.6 is 24.0 Å². The number of thioether (sulfide) groups is 1. The quantitative estimate of drug-likeness (QED) is 0.646. The summed E-state index contributed by atoms with van der Waals surface area (Å²) in [4.78, 5) is 25.6. The third kappa shape index (κ3) is 4.05. The Morgan fingerprint density at radius 1 is 1.36 bits per heavy atom. The van der Waals surface area contributed by atoms with E-state index in [-0.39, 0.29) is 23.5 Å². The third-order valence-electron chi connectivity index (χ3n) is 2.89. The van der Waals surface area contributed by atoms with E-state index < -0.39 is 0 Å². The predicted octanol–water partition coefficient (Wildman–Crippen LogP) is 1.96. The molecule has 1 saturated heterocycles. The number of hydrogen-bond donors (Lipinski definition) is 2. The predicted molar refractivity (Wildman–Crippen MR) is 88.7 cm³/mol. The van der Waals surface area contributed by atoms with Gasteiger partial charge in [-0.25, -0.2) is 4.39 Å². The van der Waals surface area contributed by atoms with Crippen molar-refractivity contribution in [3.8, 4) is 0 Å². The molecule has 5 nitrogen and oxygen atoms in total. The second-order valence-corrected chi connectivity index (χ2v) is 5.79. The zero-order valence-electron chi connectivity index (χ0n) is 11.8. The van der Waals surface area contributed by atoms with Crippen molar-refractivity contribution in [2.45, 2.75) is 0 Å². The van der Waals surface area contributed by atoms with E-state index in [0.29, 0.717) is 22.1 Å². The molecule has 2 amide bonds. The summed E-state index contributed by atoms with van der Waals surface area (Å²) >= 11 is 5.79. The van der Waals surface area contributed by atoms with Crippen molar-refractivity contribution in [1.29, 1.82) is 0 Å². The van der Waals surface area contributed by atoms with E-state index in [2.05, 4.69) is 10.6 Å². The average Bonchev–Trinajstić information content (AvgIpc) is 2.76. The van der Waals surface area contributed by atoms with Gasteiger partial charge in [-0.05, 0) is 47.8 Å².